The number of hydrogen-bond donors (Lipinski definition) is 2. The lowest BCUT2D eigenvalue weighted by Crippen LogP contribution is -2.24. The molecule has 3 heteroatoms. The van der Waals surface area contributed by atoms with Crippen LogP contribution in [0.15, 0.2) is 0 Å². The Labute approximate surface area is 92.6 Å². The molecule has 0 rings (SSSR count). The molecule has 2 atom stereocenters. The molecule has 3 N–H and O–H groups in total. The number of hydrogen-bond acceptors (Lipinski definition) is 3. The highest BCUT2D eigenvalue weighted by atomic mass is 32.2. The van der Waals surface area contributed by atoms with Gasteiger partial charge in [0.2, 0.25) is 0 Å². The third-order valence-electron chi connectivity index (χ3n) is 2.32. The van der Waals surface area contributed by atoms with Crippen LogP contribution in [0.1, 0.15) is 46.0 Å². The molecule has 2 unspecified atom stereocenters. The average molecular weight is 219 g/mol. The molecule has 0 bridgehead atoms. The van der Waals surface area contributed by atoms with Crippen molar-refractivity contribution in [3.8, 4) is 0 Å². The van der Waals surface area contributed by atoms with Crippen molar-refractivity contribution in [2.75, 3.05) is 12.4 Å². The summed E-state index contributed by atoms with van der Waals surface area (Å²) in [4.78, 5) is 0. The van der Waals surface area contributed by atoms with Gasteiger partial charge in [0, 0.05) is 11.3 Å². The standard InChI is InChI=1S/C11H25NOS/c1-3-4-8-14-10(2)6-5-7-11(12)9-13/h10-11,13H,3-9,12H2,1-2H3. The van der Waals surface area contributed by atoms with E-state index in [2.05, 4.69) is 25.6 Å². The van der Waals surface area contributed by atoms with Crippen LogP contribution < -0.4 is 5.73 Å². The minimum Gasteiger partial charge on any atom is -0.395 e. The molecule has 0 aliphatic rings. The molecule has 2 nitrogen and oxygen atoms in total. The number of aliphatic hydroxyl groups excluding tert-OH is 1. The van der Waals surface area contributed by atoms with Crippen molar-refractivity contribution in [2.24, 2.45) is 5.73 Å². The largest absolute Gasteiger partial charge is 0.395 e. The van der Waals surface area contributed by atoms with Gasteiger partial charge in [-0.15, -0.1) is 0 Å². The molecule has 0 aliphatic heterocycles. The van der Waals surface area contributed by atoms with E-state index >= 15 is 0 Å². The van der Waals surface area contributed by atoms with E-state index in [1.807, 2.05) is 0 Å². The summed E-state index contributed by atoms with van der Waals surface area (Å²) in [6, 6.07) is -0.0113. The number of aliphatic hydroxyl groups is 1. The lowest BCUT2D eigenvalue weighted by Gasteiger charge is -2.12. The van der Waals surface area contributed by atoms with Crippen molar-refractivity contribution in [3.05, 3.63) is 0 Å². The molecule has 0 fully saturated rings. The number of thioether (sulfide) groups is 1. The first-order chi connectivity index (χ1) is 6.70. The van der Waals surface area contributed by atoms with Crippen molar-refractivity contribution >= 4 is 11.8 Å². The molecule has 0 aromatic heterocycles. The zero-order valence-electron chi connectivity index (χ0n) is 9.54. The highest BCUT2D eigenvalue weighted by Gasteiger charge is 2.04. The SMILES string of the molecule is CCCCSC(C)CCCC(N)CO. The van der Waals surface area contributed by atoms with Crippen LogP contribution in [0.3, 0.4) is 0 Å². The van der Waals surface area contributed by atoms with E-state index in [1.165, 1.54) is 25.0 Å². The summed E-state index contributed by atoms with van der Waals surface area (Å²) in [7, 11) is 0. The zero-order chi connectivity index (χ0) is 10.8. The van der Waals surface area contributed by atoms with E-state index in [1.54, 1.807) is 0 Å². The fourth-order valence-corrected chi connectivity index (χ4v) is 2.46. The van der Waals surface area contributed by atoms with E-state index in [0.717, 1.165) is 18.1 Å². The van der Waals surface area contributed by atoms with Gasteiger partial charge in [-0.25, -0.2) is 0 Å². The lowest BCUT2D eigenvalue weighted by molar-refractivity contribution is 0.257. The summed E-state index contributed by atoms with van der Waals surface area (Å²) in [6.07, 6.45) is 5.93. The Hall–Kier alpha value is 0.270. The predicted octanol–water partition coefficient (Wildman–Crippen LogP) is 2.40. The average Bonchev–Trinajstić information content (AvgIpc) is 2.18. The maximum Gasteiger partial charge on any atom is 0.0582 e. The van der Waals surface area contributed by atoms with Gasteiger partial charge in [0.15, 0.2) is 0 Å². The van der Waals surface area contributed by atoms with Crippen LogP contribution in [-0.2, 0) is 0 Å². The van der Waals surface area contributed by atoms with Crippen molar-refractivity contribution in [3.63, 3.8) is 0 Å². The monoisotopic (exact) mass is 219 g/mol. The van der Waals surface area contributed by atoms with Gasteiger partial charge in [0.1, 0.15) is 0 Å². The van der Waals surface area contributed by atoms with Crippen molar-refractivity contribution in [1.82, 2.24) is 0 Å². The van der Waals surface area contributed by atoms with Gasteiger partial charge in [-0.1, -0.05) is 26.7 Å². The summed E-state index contributed by atoms with van der Waals surface area (Å²) in [5.41, 5.74) is 5.62. The number of unbranched alkanes of at least 4 members (excludes halogenated alkanes) is 1. The molecule has 0 aliphatic carbocycles. The molecule has 86 valence electrons. The van der Waals surface area contributed by atoms with E-state index in [9.17, 15) is 0 Å². The van der Waals surface area contributed by atoms with E-state index in [0.29, 0.717) is 0 Å². The zero-order valence-corrected chi connectivity index (χ0v) is 10.4. The molecule has 0 radical (unpaired) electrons. The summed E-state index contributed by atoms with van der Waals surface area (Å²) >= 11 is 2.06. The fourth-order valence-electron chi connectivity index (χ4n) is 1.27. The predicted molar refractivity (Wildman–Crippen MR) is 65.7 cm³/mol. The van der Waals surface area contributed by atoms with E-state index in [4.69, 9.17) is 10.8 Å². The Morgan fingerprint density at radius 2 is 2.00 bits per heavy atom. The number of nitrogens with two attached hydrogens (primary N) is 1. The smallest absolute Gasteiger partial charge is 0.0582 e. The van der Waals surface area contributed by atoms with Crippen molar-refractivity contribution in [1.29, 1.82) is 0 Å². The Bertz CT molecular complexity index is 122. The molecule has 0 aromatic carbocycles. The normalized spacial score (nSPS) is 15.4. The van der Waals surface area contributed by atoms with Crippen LogP contribution >= 0.6 is 11.8 Å². The second kappa shape index (κ2) is 9.81. The van der Waals surface area contributed by atoms with Crippen LogP contribution in [0, 0.1) is 0 Å². The van der Waals surface area contributed by atoms with E-state index < -0.39 is 0 Å². The highest BCUT2D eigenvalue weighted by Crippen LogP contribution is 2.18. The highest BCUT2D eigenvalue weighted by molar-refractivity contribution is 7.99. The van der Waals surface area contributed by atoms with Crippen LogP contribution in [0.4, 0.5) is 0 Å². The topological polar surface area (TPSA) is 46.2 Å². The first kappa shape index (κ1) is 14.3. The molecular formula is C11H25NOS. The van der Waals surface area contributed by atoms with Gasteiger partial charge < -0.3 is 10.8 Å². The third kappa shape index (κ3) is 8.85. The van der Waals surface area contributed by atoms with Gasteiger partial charge in [0.05, 0.1) is 6.61 Å². The molecule has 0 heterocycles. The molecule has 14 heavy (non-hydrogen) atoms. The third-order valence-corrected chi connectivity index (χ3v) is 3.65. The summed E-state index contributed by atoms with van der Waals surface area (Å²) in [5, 5.41) is 9.49. The first-order valence-corrected chi connectivity index (χ1v) is 6.73. The van der Waals surface area contributed by atoms with E-state index in [-0.39, 0.29) is 12.6 Å². The van der Waals surface area contributed by atoms with Gasteiger partial charge in [0.25, 0.3) is 0 Å². The Kier molecular flexibility index (Phi) is 10.0. The van der Waals surface area contributed by atoms with Gasteiger partial charge in [-0.3, -0.25) is 0 Å². The van der Waals surface area contributed by atoms with Crippen LogP contribution in [0.25, 0.3) is 0 Å². The Morgan fingerprint density at radius 3 is 2.57 bits per heavy atom. The number of rotatable bonds is 9. The molecule has 0 spiro atoms. The van der Waals surface area contributed by atoms with Crippen molar-refractivity contribution < 1.29 is 5.11 Å². The molecule has 0 amide bonds. The quantitative estimate of drug-likeness (QED) is 0.585. The first-order valence-electron chi connectivity index (χ1n) is 5.68. The van der Waals surface area contributed by atoms with Crippen LogP contribution in [0.5, 0.6) is 0 Å². The fraction of sp³-hybridized carbons (Fsp3) is 1.00. The van der Waals surface area contributed by atoms with Crippen LogP contribution in [-0.4, -0.2) is 28.8 Å². The van der Waals surface area contributed by atoms with Gasteiger partial charge >= 0.3 is 0 Å². The molecular weight excluding hydrogens is 194 g/mol. The Balaban J connectivity index is 3.21. The summed E-state index contributed by atoms with van der Waals surface area (Å²) < 4.78 is 0. The van der Waals surface area contributed by atoms with Crippen molar-refractivity contribution in [2.45, 2.75) is 57.2 Å². The lowest BCUT2D eigenvalue weighted by atomic mass is 10.1. The maximum absolute atomic E-state index is 8.74. The van der Waals surface area contributed by atoms with Gasteiger partial charge in [-0.2, -0.15) is 11.8 Å². The minimum atomic E-state index is -0.0113. The Morgan fingerprint density at radius 1 is 1.29 bits per heavy atom. The molecule has 0 saturated carbocycles. The maximum atomic E-state index is 8.74. The summed E-state index contributed by atoms with van der Waals surface area (Å²) in [6.45, 7) is 4.63. The van der Waals surface area contributed by atoms with Gasteiger partial charge in [-0.05, 0) is 25.0 Å². The summed E-state index contributed by atoms with van der Waals surface area (Å²) in [5.74, 6) is 1.28. The molecule has 0 aromatic rings. The second-order valence-electron chi connectivity index (χ2n) is 3.91. The second-order valence-corrected chi connectivity index (χ2v) is 5.45. The molecule has 0 saturated heterocycles. The minimum absolute atomic E-state index is 0.0113. The van der Waals surface area contributed by atoms with Crippen LogP contribution in [0.2, 0.25) is 0 Å².